The van der Waals surface area contributed by atoms with Crippen molar-refractivity contribution in [3.8, 4) is 11.5 Å². The molecule has 13 heteroatoms. The summed E-state index contributed by atoms with van der Waals surface area (Å²) in [4.78, 5) is 47.1. The largest absolute Gasteiger partial charge is 0.493 e. The second kappa shape index (κ2) is 10.8. The Morgan fingerprint density at radius 1 is 1.26 bits per heavy atom. The van der Waals surface area contributed by atoms with Crippen LogP contribution in [-0.4, -0.2) is 57.3 Å². The van der Waals surface area contributed by atoms with Gasteiger partial charge in [0.15, 0.2) is 18.1 Å². The van der Waals surface area contributed by atoms with E-state index in [4.69, 9.17) is 26.8 Å². The van der Waals surface area contributed by atoms with Crippen molar-refractivity contribution in [3.63, 3.8) is 0 Å². The number of thioether (sulfide) groups is 1. The number of hydrogen-bond acceptors (Lipinski definition) is 9. The number of benzene rings is 2. The van der Waals surface area contributed by atoms with E-state index in [2.05, 4.69) is 5.32 Å². The third kappa shape index (κ3) is 6.08. The summed E-state index contributed by atoms with van der Waals surface area (Å²) in [5.41, 5.74) is 0.669. The number of thiocarbonyl (C=S) groups is 1. The number of hydrogen-bond donors (Lipinski definition) is 2. The molecule has 2 amide bonds. The van der Waals surface area contributed by atoms with Crippen molar-refractivity contribution in [3.05, 3.63) is 63.0 Å². The monoisotopic (exact) mass is 503 g/mol. The molecule has 11 nitrogen and oxygen atoms in total. The second-order valence-electron chi connectivity index (χ2n) is 6.72. The predicted octanol–water partition coefficient (Wildman–Crippen LogP) is 2.91. The Kier molecular flexibility index (Phi) is 7.81. The van der Waals surface area contributed by atoms with Crippen LogP contribution in [0.4, 0.5) is 11.4 Å². The Hall–Kier alpha value is -3.97. The molecule has 0 radical (unpaired) electrons. The first-order valence-electron chi connectivity index (χ1n) is 9.50. The Balaban J connectivity index is 1.67. The van der Waals surface area contributed by atoms with Crippen molar-refractivity contribution in [1.82, 2.24) is 4.90 Å². The summed E-state index contributed by atoms with van der Waals surface area (Å²) in [5, 5.41) is 22.3. The van der Waals surface area contributed by atoms with Crippen molar-refractivity contribution >= 4 is 63.5 Å². The van der Waals surface area contributed by atoms with Gasteiger partial charge in [-0.15, -0.1) is 0 Å². The van der Waals surface area contributed by atoms with Gasteiger partial charge < -0.3 is 19.9 Å². The highest BCUT2D eigenvalue weighted by molar-refractivity contribution is 8.26. The summed E-state index contributed by atoms with van der Waals surface area (Å²) >= 11 is 6.06. The molecular formula is C21H17N3O8S2. The van der Waals surface area contributed by atoms with Crippen LogP contribution in [0.1, 0.15) is 5.56 Å². The molecule has 0 aliphatic carbocycles. The zero-order chi connectivity index (χ0) is 24.8. The number of non-ortho nitro benzene ring substituents is 1. The number of nitro groups is 1. The number of carbonyl (C=O) groups excluding carboxylic acids is 2. The lowest BCUT2D eigenvalue weighted by Crippen LogP contribution is -2.33. The van der Waals surface area contributed by atoms with Crippen molar-refractivity contribution < 1.29 is 33.9 Å². The topological polar surface area (TPSA) is 148 Å². The van der Waals surface area contributed by atoms with Gasteiger partial charge in [0, 0.05) is 17.8 Å². The molecule has 2 N–H and O–H groups in total. The minimum Gasteiger partial charge on any atom is -0.493 e. The van der Waals surface area contributed by atoms with E-state index in [0.29, 0.717) is 5.56 Å². The number of nitro benzene ring substituents is 1. The van der Waals surface area contributed by atoms with Crippen molar-refractivity contribution in [2.24, 2.45) is 0 Å². The smallest absolute Gasteiger partial charge is 0.323 e. The standard InChI is InChI=1S/C21H17N3O8S2/c1-31-16-7-12(8-17-20(28)23(10-19(26)27)21(33)34-17)5-6-15(16)32-11-18(25)22-13-3-2-4-14(9-13)24(29)30/h2-9H,10-11H2,1H3,(H,22,25)(H,26,27)/b17-8+. The van der Waals surface area contributed by atoms with E-state index in [-0.39, 0.29) is 38.7 Å². The van der Waals surface area contributed by atoms with E-state index in [0.717, 1.165) is 16.7 Å². The minimum absolute atomic E-state index is 0.153. The maximum atomic E-state index is 12.4. The number of carboxylic acid groups (broad SMARTS) is 1. The average molecular weight is 504 g/mol. The number of carbonyl (C=O) groups is 3. The van der Waals surface area contributed by atoms with E-state index in [1.165, 1.54) is 31.4 Å². The molecule has 3 rings (SSSR count). The summed E-state index contributed by atoms with van der Waals surface area (Å²) < 4.78 is 11.0. The van der Waals surface area contributed by atoms with Crippen LogP contribution < -0.4 is 14.8 Å². The number of carboxylic acids is 1. The number of nitrogens with one attached hydrogen (secondary N) is 1. The number of aliphatic carboxylic acids is 1. The van der Waals surface area contributed by atoms with Crippen molar-refractivity contribution in [2.75, 3.05) is 25.6 Å². The summed E-state index contributed by atoms with van der Waals surface area (Å²) in [5.74, 6) is -1.66. The van der Waals surface area contributed by atoms with Gasteiger partial charge in [-0.3, -0.25) is 29.4 Å². The quantitative estimate of drug-likeness (QED) is 0.226. The van der Waals surface area contributed by atoms with Crippen molar-refractivity contribution in [1.29, 1.82) is 0 Å². The first kappa shape index (κ1) is 24.7. The van der Waals surface area contributed by atoms with Crippen LogP contribution in [0.3, 0.4) is 0 Å². The van der Waals surface area contributed by atoms with E-state index in [9.17, 15) is 24.5 Å². The Morgan fingerprint density at radius 2 is 2.03 bits per heavy atom. The number of anilines is 1. The van der Waals surface area contributed by atoms with Gasteiger partial charge in [-0.05, 0) is 29.8 Å². The first-order valence-corrected chi connectivity index (χ1v) is 10.7. The molecule has 34 heavy (non-hydrogen) atoms. The third-order valence-electron chi connectivity index (χ3n) is 4.35. The van der Waals surface area contributed by atoms with Crippen LogP contribution in [0.25, 0.3) is 6.08 Å². The Labute approximate surface area is 202 Å². The highest BCUT2D eigenvalue weighted by Crippen LogP contribution is 2.34. The number of amides is 2. The van der Waals surface area contributed by atoms with E-state index >= 15 is 0 Å². The molecule has 1 heterocycles. The number of rotatable bonds is 9. The third-order valence-corrected chi connectivity index (χ3v) is 5.73. The van der Waals surface area contributed by atoms with Gasteiger partial charge in [0.25, 0.3) is 17.5 Å². The fourth-order valence-electron chi connectivity index (χ4n) is 2.85. The van der Waals surface area contributed by atoms with Gasteiger partial charge in [0.2, 0.25) is 0 Å². The minimum atomic E-state index is -1.17. The van der Waals surface area contributed by atoms with Gasteiger partial charge in [0.05, 0.1) is 16.9 Å². The molecule has 2 aromatic carbocycles. The first-order chi connectivity index (χ1) is 16.2. The van der Waals surface area contributed by atoms with Crippen LogP contribution in [0.5, 0.6) is 11.5 Å². The molecule has 0 bridgehead atoms. The second-order valence-corrected chi connectivity index (χ2v) is 8.39. The fraction of sp³-hybridized carbons (Fsp3) is 0.143. The van der Waals surface area contributed by atoms with E-state index in [1.54, 1.807) is 24.3 Å². The van der Waals surface area contributed by atoms with Gasteiger partial charge in [-0.2, -0.15) is 0 Å². The zero-order valence-electron chi connectivity index (χ0n) is 17.5. The maximum absolute atomic E-state index is 12.4. The summed E-state index contributed by atoms with van der Waals surface area (Å²) in [6.07, 6.45) is 1.54. The number of methoxy groups -OCH3 is 1. The van der Waals surface area contributed by atoms with Crippen LogP contribution in [0.15, 0.2) is 47.4 Å². The molecule has 176 valence electrons. The van der Waals surface area contributed by atoms with E-state index in [1.807, 2.05) is 0 Å². The summed E-state index contributed by atoms with van der Waals surface area (Å²) in [7, 11) is 1.40. The van der Waals surface area contributed by atoms with Gasteiger partial charge >= 0.3 is 5.97 Å². The summed E-state index contributed by atoms with van der Waals surface area (Å²) in [6, 6.07) is 10.3. The fourth-order valence-corrected chi connectivity index (χ4v) is 4.11. The molecule has 1 aliphatic heterocycles. The highest BCUT2D eigenvalue weighted by Gasteiger charge is 2.33. The predicted molar refractivity (Wildman–Crippen MR) is 128 cm³/mol. The molecular weight excluding hydrogens is 486 g/mol. The number of ether oxygens (including phenoxy) is 2. The van der Waals surface area contributed by atoms with E-state index < -0.39 is 29.3 Å². The lowest BCUT2D eigenvalue weighted by molar-refractivity contribution is -0.384. The summed E-state index contributed by atoms with van der Waals surface area (Å²) in [6.45, 7) is -0.900. The van der Waals surface area contributed by atoms with Gasteiger partial charge in [-0.1, -0.05) is 36.1 Å². The van der Waals surface area contributed by atoms with Crippen LogP contribution in [0.2, 0.25) is 0 Å². The Morgan fingerprint density at radius 3 is 2.71 bits per heavy atom. The molecule has 0 saturated carbocycles. The maximum Gasteiger partial charge on any atom is 0.323 e. The molecule has 0 spiro atoms. The lowest BCUT2D eigenvalue weighted by Gasteiger charge is -2.12. The van der Waals surface area contributed by atoms with Crippen LogP contribution in [-0.2, 0) is 14.4 Å². The van der Waals surface area contributed by atoms with Gasteiger partial charge in [-0.25, -0.2) is 0 Å². The SMILES string of the molecule is COc1cc(/C=C2/SC(=S)N(CC(=O)O)C2=O)ccc1OCC(=O)Nc1cccc([N+](=O)[O-])c1. The zero-order valence-corrected chi connectivity index (χ0v) is 19.2. The van der Waals surface area contributed by atoms with Gasteiger partial charge in [0.1, 0.15) is 10.9 Å². The molecule has 1 fully saturated rings. The Bertz CT molecular complexity index is 1210. The molecule has 0 atom stereocenters. The van der Waals surface area contributed by atoms with Crippen molar-refractivity contribution in [2.45, 2.75) is 0 Å². The molecule has 1 saturated heterocycles. The molecule has 1 aliphatic rings. The molecule has 2 aromatic rings. The lowest BCUT2D eigenvalue weighted by atomic mass is 10.2. The molecule has 0 unspecified atom stereocenters. The normalized spacial score (nSPS) is 14.3. The average Bonchev–Trinajstić information content (AvgIpc) is 3.05. The number of nitrogens with zero attached hydrogens (tertiary/aromatic N) is 2. The molecule has 0 aromatic heterocycles. The highest BCUT2D eigenvalue weighted by atomic mass is 32.2. The van der Waals surface area contributed by atoms with Crippen LogP contribution in [0, 0.1) is 10.1 Å². The van der Waals surface area contributed by atoms with Crippen LogP contribution >= 0.6 is 24.0 Å².